The SMILES string of the molecule is CS(=O)(=O)N1CCC(Nc2ncc(C#N)c(-c3cnn(-c4ccc(CN)cc4Cl)c3)n2)CC1. The topological polar surface area (TPSA) is 143 Å². The van der Waals surface area contributed by atoms with E-state index in [0.717, 1.165) is 5.56 Å². The fourth-order valence-electron chi connectivity index (χ4n) is 3.71. The molecular weight excluding hydrogens is 464 g/mol. The first-order chi connectivity index (χ1) is 15.8. The first kappa shape index (κ1) is 23.1. The van der Waals surface area contributed by atoms with Crippen LogP contribution >= 0.6 is 11.6 Å². The maximum Gasteiger partial charge on any atom is 0.223 e. The molecule has 0 spiro atoms. The van der Waals surface area contributed by atoms with E-state index < -0.39 is 10.0 Å². The van der Waals surface area contributed by atoms with Gasteiger partial charge in [0.25, 0.3) is 0 Å². The second-order valence-electron chi connectivity index (χ2n) is 7.81. The van der Waals surface area contributed by atoms with Crippen molar-refractivity contribution in [2.24, 2.45) is 5.73 Å². The second-order valence-corrected chi connectivity index (χ2v) is 10.2. The Bertz CT molecular complexity index is 1310. The van der Waals surface area contributed by atoms with E-state index >= 15 is 0 Å². The number of hydrogen-bond acceptors (Lipinski definition) is 8. The molecule has 3 N–H and O–H groups in total. The molecule has 10 nitrogen and oxygen atoms in total. The van der Waals surface area contributed by atoms with E-state index in [-0.39, 0.29) is 6.04 Å². The highest BCUT2D eigenvalue weighted by Gasteiger charge is 2.25. The number of rotatable bonds is 6. The van der Waals surface area contributed by atoms with Gasteiger partial charge in [0.05, 0.1) is 40.6 Å². The van der Waals surface area contributed by atoms with Crippen LogP contribution in [0.3, 0.4) is 0 Å². The summed E-state index contributed by atoms with van der Waals surface area (Å²) in [5.74, 6) is 0.375. The summed E-state index contributed by atoms with van der Waals surface area (Å²) in [4.78, 5) is 8.81. The van der Waals surface area contributed by atoms with Gasteiger partial charge in [0, 0.05) is 37.4 Å². The molecular formula is C21H23ClN8O2S. The molecule has 33 heavy (non-hydrogen) atoms. The molecule has 1 saturated heterocycles. The minimum atomic E-state index is -3.19. The summed E-state index contributed by atoms with van der Waals surface area (Å²) in [6.07, 6.45) is 7.33. The summed E-state index contributed by atoms with van der Waals surface area (Å²) < 4.78 is 26.5. The van der Waals surface area contributed by atoms with Gasteiger partial charge in [-0.15, -0.1) is 0 Å². The lowest BCUT2D eigenvalue weighted by atomic mass is 10.1. The van der Waals surface area contributed by atoms with Crippen molar-refractivity contribution in [3.05, 3.63) is 52.9 Å². The average molecular weight is 487 g/mol. The molecule has 4 rings (SSSR count). The lowest BCUT2D eigenvalue weighted by Crippen LogP contribution is -2.42. The lowest BCUT2D eigenvalue weighted by Gasteiger charge is -2.30. The minimum absolute atomic E-state index is 0.0337. The van der Waals surface area contributed by atoms with Gasteiger partial charge in [0.15, 0.2) is 0 Å². The van der Waals surface area contributed by atoms with E-state index in [4.69, 9.17) is 17.3 Å². The van der Waals surface area contributed by atoms with Gasteiger partial charge in [-0.3, -0.25) is 0 Å². The Morgan fingerprint density at radius 3 is 2.70 bits per heavy atom. The van der Waals surface area contributed by atoms with Crippen molar-refractivity contribution in [2.45, 2.75) is 25.4 Å². The zero-order valence-electron chi connectivity index (χ0n) is 17.9. The van der Waals surface area contributed by atoms with Crippen molar-refractivity contribution in [2.75, 3.05) is 24.7 Å². The molecule has 172 valence electrons. The summed E-state index contributed by atoms with van der Waals surface area (Å²) in [5, 5.41) is 17.7. The number of nitrogens with zero attached hydrogens (tertiary/aromatic N) is 6. The van der Waals surface area contributed by atoms with Gasteiger partial charge < -0.3 is 11.1 Å². The van der Waals surface area contributed by atoms with Crippen LogP contribution in [0.5, 0.6) is 0 Å². The van der Waals surface area contributed by atoms with Crippen LogP contribution in [-0.4, -0.2) is 57.9 Å². The number of sulfonamides is 1. The van der Waals surface area contributed by atoms with Crippen molar-refractivity contribution in [3.8, 4) is 23.0 Å². The van der Waals surface area contributed by atoms with Gasteiger partial charge >= 0.3 is 0 Å². The first-order valence-electron chi connectivity index (χ1n) is 10.3. The summed E-state index contributed by atoms with van der Waals surface area (Å²) in [6.45, 7) is 1.27. The lowest BCUT2D eigenvalue weighted by molar-refractivity contribution is 0.331. The maximum atomic E-state index is 11.7. The highest BCUT2D eigenvalue weighted by molar-refractivity contribution is 7.88. The Morgan fingerprint density at radius 2 is 2.06 bits per heavy atom. The van der Waals surface area contributed by atoms with Crippen LogP contribution in [0, 0.1) is 11.3 Å². The number of piperidine rings is 1. The number of aromatic nitrogens is 4. The Balaban J connectivity index is 1.56. The van der Waals surface area contributed by atoms with E-state index in [1.165, 1.54) is 16.8 Å². The molecule has 0 aliphatic carbocycles. The zero-order chi connectivity index (χ0) is 23.6. The standard InChI is InChI=1S/C21H23ClN8O2S/c1-33(31,32)29-6-4-17(5-7-29)27-21-25-11-15(10-24)20(28-21)16-12-26-30(13-16)19-3-2-14(9-23)8-18(19)22/h2-3,8,11-13,17H,4-7,9,23H2,1H3,(H,25,27,28). The van der Waals surface area contributed by atoms with Gasteiger partial charge in [-0.25, -0.2) is 27.4 Å². The first-order valence-corrected chi connectivity index (χ1v) is 12.5. The molecule has 2 aromatic heterocycles. The number of benzene rings is 1. The van der Waals surface area contributed by atoms with E-state index in [9.17, 15) is 13.7 Å². The summed E-state index contributed by atoms with van der Waals surface area (Å²) in [6, 6.07) is 7.66. The molecule has 1 aliphatic heterocycles. The number of halogens is 1. The van der Waals surface area contributed by atoms with Crippen LogP contribution < -0.4 is 11.1 Å². The number of nitrogens with one attached hydrogen (secondary N) is 1. The molecule has 0 radical (unpaired) electrons. The fourth-order valence-corrected chi connectivity index (χ4v) is 4.87. The molecule has 1 aliphatic rings. The largest absolute Gasteiger partial charge is 0.351 e. The van der Waals surface area contributed by atoms with Crippen LogP contribution in [0.25, 0.3) is 16.9 Å². The Kier molecular flexibility index (Phi) is 6.62. The summed E-state index contributed by atoms with van der Waals surface area (Å²) >= 11 is 6.38. The van der Waals surface area contributed by atoms with Crippen LogP contribution in [0.2, 0.25) is 5.02 Å². The molecule has 0 atom stereocenters. The normalized spacial score (nSPS) is 15.3. The third kappa shape index (κ3) is 5.15. The van der Waals surface area contributed by atoms with Gasteiger partial charge in [-0.05, 0) is 30.5 Å². The molecule has 3 heterocycles. The molecule has 3 aromatic rings. The maximum absolute atomic E-state index is 11.7. The van der Waals surface area contributed by atoms with Crippen molar-refractivity contribution >= 4 is 27.6 Å². The zero-order valence-corrected chi connectivity index (χ0v) is 19.5. The Morgan fingerprint density at radius 1 is 1.30 bits per heavy atom. The quantitative estimate of drug-likeness (QED) is 0.539. The fraction of sp³-hybridized carbons (Fsp3) is 0.333. The number of nitriles is 1. The highest BCUT2D eigenvalue weighted by atomic mass is 35.5. The third-order valence-corrected chi connectivity index (χ3v) is 7.12. The van der Waals surface area contributed by atoms with Gasteiger partial charge in [-0.1, -0.05) is 17.7 Å². The molecule has 0 unspecified atom stereocenters. The van der Waals surface area contributed by atoms with Crippen LogP contribution in [0.1, 0.15) is 24.0 Å². The summed E-state index contributed by atoms with van der Waals surface area (Å²) in [7, 11) is -3.19. The predicted octanol–water partition coefficient (Wildman–Crippen LogP) is 2.15. The monoisotopic (exact) mass is 486 g/mol. The van der Waals surface area contributed by atoms with Crippen molar-refractivity contribution in [3.63, 3.8) is 0 Å². The van der Waals surface area contributed by atoms with Crippen LogP contribution in [0.15, 0.2) is 36.8 Å². The van der Waals surface area contributed by atoms with E-state index in [0.29, 0.717) is 66.0 Å². The smallest absolute Gasteiger partial charge is 0.223 e. The van der Waals surface area contributed by atoms with Crippen molar-refractivity contribution in [1.29, 1.82) is 5.26 Å². The Labute approximate surface area is 197 Å². The molecule has 0 bridgehead atoms. The number of anilines is 1. The molecule has 12 heteroatoms. The highest BCUT2D eigenvalue weighted by Crippen LogP contribution is 2.26. The van der Waals surface area contributed by atoms with Crippen molar-refractivity contribution < 1.29 is 8.42 Å². The van der Waals surface area contributed by atoms with Crippen molar-refractivity contribution in [1.82, 2.24) is 24.1 Å². The average Bonchev–Trinajstić information content (AvgIpc) is 3.28. The molecule has 1 aromatic carbocycles. The van der Waals surface area contributed by atoms with E-state index in [1.54, 1.807) is 23.1 Å². The van der Waals surface area contributed by atoms with Crippen LogP contribution in [-0.2, 0) is 16.6 Å². The molecule has 0 saturated carbocycles. The van der Waals surface area contributed by atoms with E-state index in [2.05, 4.69) is 26.5 Å². The van der Waals surface area contributed by atoms with Gasteiger partial charge in [-0.2, -0.15) is 10.4 Å². The Hall–Kier alpha value is -3.04. The third-order valence-electron chi connectivity index (χ3n) is 5.52. The summed E-state index contributed by atoms with van der Waals surface area (Å²) in [5.41, 5.74) is 8.67. The second kappa shape index (κ2) is 9.44. The van der Waals surface area contributed by atoms with Crippen LogP contribution in [0.4, 0.5) is 5.95 Å². The minimum Gasteiger partial charge on any atom is -0.351 e. The molecule has 0 amide bonds. The van der Waals surface area contributed by atoms with E-state index in [1.807, 2.05) is 12.1 Å². The molecule has 1 fully saturated rings. The number of nitrogens with two attached hydrogens (primary N) is 1. The predicted molar refractivity (Wildman–Crippen MR) is 125 cm³/mol. The van der Waals surface area contributed by atoms with Gasteiger partial charge in [0.1, 0.15) is 6.07 Å². The van der Waals surface area contributed by atoms with Gasteiger partial charge in [0.2, 0.25) is 16.0 Å². The number of hydrogen-bond donors (Lipinski definition) is 2.